The van der Waals surface area contributed by atoms with Crippen LogP contribution in [0.25, 0.3) is 0 Å². The summed E-state index contributed by atoms with van der Waals surface area (Å²) >= 11 is -1.33. The molecule has 0 aromatic rings. The maximum absolute atomic E-state index is 8.50. The second-order valence-corrected chi connectivity index (χ2v) is 0.344. The molecule has 0 spiro atoms. The summed E-state index contributed by atoms with van der Waals surface area (Å²) in [5.74, 6) is 0. The Morgan fingerprint density at radius 3 is 1.14 bits per heavy atom. The van der Waals surface area contributed by atoms with Crippen molar-refractivity contribution in [3.63, 3.8) is 0 Å². The Balaban J connectivity index is -0.0000000360. The zero-order chi connectivity index (χ0) is 6.71. The van der Waals surface area contributed by atoms with Gasteiger partial charge in [-0.1, -0.05) is 0 Å². The summed E-state index contributed by atoms with van der Waals surface area (Å²) in [6, 6.07) is 0. The quantitative estimate of drug-likeness (QED) is 0.527. The number of hydrogen-bond donors (Lipinski definition) is 0. The summed E-state index contributed by atoms with van der Waals surface area (Å²) in [7, 11) is 0. The fraction of sp³-hybridized carbons (Fsp3) is 0. The zero-order valence-electron chi connectivity index (χ0n) is 3.34. The first kappa shape index (κ1) is 15.9. The van der Waals surface area contributed by atoms with Gasteiger partial charge in [-0.15, -0.1) is 0 Å². The Bertz CT molecular complexity index is 47.7. The van der Waals surface area contributed by atoms with Gasteiger partial charge in [0.05, 0.1) is 0 Å². The molecule has 4 nitrogen and oxygen atoms in total. The molecule has 0 aliphatic rings. The average molecular weight is 280 g/mol. The van der Waals surface area contributed by atoms with Crippen LogP contribution in [0.15, 0.2) is 0 Å². The van der Waals surface area contributed by atoms with Crippen LogP contribution in [0.1, 0.15) is 0 Å². The molecule has 0 saturated carbocycles. The Kier molecular flexibility index (Phi) is 104. The van der Waals surface area contributed by atoms with Crippen LogP contribution in [-0.4, -0.2) is 16.2 Å². The molecule has 7 heavy (non-hydrogen) atoms. The van der Waals surface area contributed by atoms with Gasteiger partial charge in [0.1, 0.15) is 0 Å². The third-order valence-corrected chi connectivity index (χ3v) is 0. The van der Waals surface area contributed by atoms with Crippen LogP contribution in [0.4, 0.5) is 0 Å². The molecule has 7 heteroatoms. The molecule has 0 N–H and O–H groups in total. The molecule has 0 heterocycles. The van der Waals surface area contributed by atoms with Crippen LogP contribution >= 0.6 is 0 Å². The van der Waals surface area contributed by atoms with E-state index < -0.39 is 19.1 Å². The molecular formula is HAlCeO4Ti. The summed E-state index contributed by atoms with van der Waals surface area (Å²) in [4.78, 5) is 0. The van der Waals surface area contributed by atoms with Crippen molar-refractivity contribution >= 4 is 16.2 Å². The van der Waals surface area contributed by atoms with Crippen molar-refractivity contribution in [2.75, 3.05) is 0 Å². The third kappa shape index (κ3) is 79.8. The van der Waals surface area contributed by atoms with E-state index in [-0.39, 0.29) is 39.8 Å². The van der Waals surface area contributed by atoms with Gasteiger partial charge in [-0.05, 0) is 0 Å². The van der Waals surface area contributed by atoms with E-state index in [1.165, 1.54) is 0 Å². The fourth-order valence-electron chi connectivity index (χ4n) is 0. The Morgan fingerprint density at radius 1 is 1.14 bits per heavy atom. The first-order valence-corrected chi connectivity index (χ1v) is 4.04. The first-order chi connectivity index (χ1) is 3.41. The molecule has 0 aliphatic carbocycles. The SMILES string of the molecule is [O]=[AlH].[O]=[Ce].[O]=[Ti]=[O]. The van der Waals surface area contributed by atoms with E-state index in [0.717, 1.165) is 0 Å². The van der Waals surface area contributed by atoms with Crippen molar-refractivity contribution in [1.82, 2.24) is 0 Å². The van der Waals surface area contributed by atoms with Crippen LogP contribution in [0.2, 0.25) is 0 Å². The summed E-state index contributed by atoms with van der Waals surface area (Å²) in [6.07, 6.45) is 0. The average Bonchev–Trinajstić information content (AvgIpc) is 1.78. The van der Waals surface area contributed by atoms with Gasteiger partial charge >= 0.3 is 86.5 Å². The van der Waals surface area contributed by atoms with Crippen LogP contribution in [0, 0.1) is 39.8 Å². The van der Waals surface area contributed by atoms with Crippen LogP contribution in [0.5, 0.6) is 0 Å². The van der Waals surface area contributed by atoms with E-state index >= 15 is 0 Å². The molecule has 0 radical (unpaired) electrons. The van der Waals surface area contributed by atoms with Gasteiger partial charge in [-0.3, -0.25) is 0 Å². The predicted molar refractivity (Wildman–Crippen MR) is 9.89 cm³/mol. The second kappa shape index (κ2) is 45.7. The summed E-state index contributed by atoms with van der Waals surface area (Å²) in [5.41, 5.74) is 0. The number of rotatable bonds is 0. The molecule has 0 rings (SSSR count). The van der Waals surface area contributed by atoms with Gasteiger partial charge in [0.15, 0.2) is 0 Å². The third-order valence-electron chi connectivity index (χ3n) is 0. The van der Waals surface area contributed by atoms with Crippen molar-refractivity contribution in [3.05, 3.63) is 0 Å². The molecule has 0 saturated heterocycles. The van der Waals surface area contributed by atoms with Gasteiger partial charge < -0.3 is 0 Å². The second-order valence-electron chi connectivity index (χ2n) is 0.0833. The number of hydrogen-bond acceptors (Lipinski definition) is 4. The Labute approximate surface area is 84.8 Å². The standard InChI is InChI=1S/Al.Ce.4O.Ti.H. The topological polar surface area (TPSA) is 68.3 Å². The Hall–Kier alpha value is 1.82. The van der Waals surface area contributed by atoms with Crippen LogP contribution in [-0.2, 0) is 30.5 Å². The summed E-state index contributed by atoms with van der Waals surface area (Å²) < 4.78 is 33.7. The zero-order valence-corrected chi connectivity index (χ0v) is 9.46. The molecule has 0 fully saturated rings. The molecule has 36 valence electrons. The van der Waals surface area contributed by atoms with E-state index in [9.17, 15) is 0 Å². The minimum atomic E-state index is -2.00. The van der Waals surface area contributed by atoms with Gasteiger partial charge in [0.2, 0.25) is 0 Å². The molecule has 0 aliphatic heterocycles. The molecule has 0 aromatic carbocycles. The van der Waals surface area contributed by atoms with Crippen LogP contribution < -0.4 is 0 Å². The van der Waals surface area contributed by atoms with Crippen molar-refractivity contribution < 1.29 is 70.3 Å². The van der Waals surface area contributed by atoms with Gasteiger partial charge in [0, 0.05) is 0 Å². The fourth-order valence-corrected chi connectivity index (χ4v) is 0. The van der Waals surface area contributed by atoms with Gasteiger partial charge in [-0.25, -0.2) is 0 Å². The first-order valence-electron chi connectivity index (χ1n) is 0.901. The van der Waals surface area contributed by atoms with Crippen molar-refractivity contribution in [1.29, 1.82) is 0 Å². The Morgan fingerprint density at radius 2 is 1.14 bits per heavy atom. The minimum absolute atomic E-state index is 0.0556. The van der Waals surface area contributed by atoms with Crippen molar-refractivity contribution in [2.24, 2.45) is 0 Å². The van der Waals surface area contributed by atoms with Gasteiger partial charge in [0.25, 0.3) is 0 Å². The molecule has 0 amide bonds. The van der Waals surface area contributed by atoms with E-state index in [2.05, 4.69) is 0 Å². The van der Waals surface area contributed by atoms with Crippen molar-refractivity contribution in [3.8, 4) is 0 Å². The molecule has 0 aromatic heterocycles. The summed E-state index contributed by atoms with van der Waals surface area (Å²) in [5, 5.41) is 0. The maximum atomic E-state index is 8.50. The van der Waals surface area contributed by atoms with E-state index in [0.29, 0.717) is 16.2 Å². The van der Waals surface area contributed by atoms with E-state index in [1.807, 2.05) is 0 Å². The molecule has 0 bridgehead atoms. The molecule has 0 atom stereocenters. The normalized spacial score (nSPS) is 2.00. The van der Waals surface area contributed by atoms with E-state index in [4.69, 9.17) is 11.4 Å². The molecular weight excluding hydrogens is 279 g/mol. The van der Waals surface area contributed by atoms with Crippen molar-refractivity contribution in [2.45, 2.75) is 0 Å². The predicted octanol–water partition coefficient (Wildman–Crippen LogP) is -1.13. The monoisotopic (exact) mass is 280 g/mol. The van der Waals surface area contributed by atoms with Gasteiger partial charge in [-0.2, -0.15) is 0 Å². The van der Waals surface area contributed by atoms with E-state index in [1.54, 1.807) is 0 Å². The molecule has 0 unspecified atom stereocenters. The summed E-state index contributed by atoms with van der Waals surface area (Å²) in [6.45, 7) is 0. The van der Waals surface area contributed by atoms with Crippen LogP contribution in [0.3, 0.4) is 0 Å².